The molecule has 0 aliphatic heterocycles. The quantitative estimate of drug-likeness (QED) is 0.0264. The third-order valence-electron chi connectivity index (χ3n) is 10.3. The van der Waals surface area contributed by atoms with E-state index in [0.29, 0.717) is 19.3 Å². The number of hydrogen-bond donors (Lipinski definition) is 0. The molecule has 0 radical (unpaired) electrons. The first-order chi connectivity index (χ1) is 28.5. The Morgan fingerprint density at radius 2 is 0.672 bits per heavy atom. The van der Waals surface area contributed by atoms with Crippen LogP contribution in [0.1, 0.15) is 233 Å². The lowest BCUT2D eigenvalue weighted by Gasteiger charge is -2.18. The third kappa shape index (κ3) is 44.2. The average molecular weight is 811 g/mol. The SMILES string of the molecule is CC/C=C\C/C=C\C/C=C\CCCCCC(=O)OC(COC(=O)CCCCCCCCC/C=C\C/C=C\CCCCC)COC(=O)CCCCCCCCCCCC. The highest BCUT2D eigenvalue weighted by Gasteiger charge is 2.19. The van der Waals surface area contributed by atoms with Crippen molar-refractivity contribution in [3.63, 3.8) is 0 Å². The molecule has 0 heterocycles. The molecule has 0 saturated heterocycles. The molecule has 6 nitrogen and oxygen atoms in total. The average Bonchev–Trinajstić information content (AvgIpc) is 3.22. The van der Waals surface area contributed by atoms with Crippen LogP contribution in [0.4, 0.5) is 0 Å². The van der Waals surface area contributed by atoms with Crippen molar-refractivity contribution in [2.24, 2.45) is 0 Å². The minimum atomic E-state index is -0.789. The van der Waals surface area contributed by atoms with Crippen LogP contribution in [0.5, 0.6) is 0 Å². The second-order valence-corrected chi connectivity index (χ2v) is 16.0. The maximum absolute atomic E-state index is 12.7. The minimum absolute atomic E-state index is 0.0876. The molecular weight excluding hydrogens is 721 g/mol. The molecule has 0 bridgehead atoms. The fourth-order valence-electron chi connectivity index (χ4n) is 6.60. The fourth-order valence-corrected chi connectivity index (χ4v) is 6.60. The van der Waals surface area contributed by atoms with E-state index >= 15 is 0 Å². The Bertz CT molecular complexity index is 1070. The Balaban J connectivity index is 4.39. The van der Waals surface area contributed by atoms with Crippen LogP contribution >= 0.6 is 0 Å². The number of rotatable bonds is 43. The van der Waals surface area contributed by atoms with Crippen molar-refractivity contribution in [1.82, 2.24) is 0 Å². The van der Waals surface area contributed by atoms with Crippen LogP contribution in [-0.4, -0.2) is 37.2 Å². The molecule has 0 aromatic heterocycles. The van der Waals surface area contributed by atoms with Gasteiger partial charge in [-0.2, -0.15) is 0 Å². The lowest BCUT2D eigenvalue weighted by atomic mass is 10.1. The monoisotopic (exact) mass is 811 g/mol. The Morgan fingerprint density at radius 3 is 1.10 bits per heavy atom. The number of ether oxygens (including phenoxy) is 3. The highest BCUT2D eigenvalue weighted by atomic mass is 16.6. The first-order valence-corrected chi connectivity index (χ1v) is 24.3. The first-order valence-electron chi connectivity index (χ1n) is 24.3. The van der Waals surface area contributed by atoms with Gasteiger partial charge in [0, 0.05) is 19.3 Å². The van der Waals surface area contributed by atoms with Crippen LogP contribution < -0.4 is 0 Å². The van der Waals surface area contributed by atoms with Gasteiger partial charge in [-0.3, -0.25) is 14.4 Å². The van der Waals surface area contributed by atoms with Gasteiger partial charge in [-0.25, -0.2) is 0 Å². The van der Waals surface area contributed by atoms with E-state index in [9.17, 15) is 14.4 Å². The molecule has 0 rings (SSSR count). The maximum Gasteiger partial charge on any atom is 0.306 e. The van der Waals surface area contributed by atoms with Crippen LogP contribution in [0.3, 0.4) is 0 Å². The van der Waals surface area contributed by atoms with Crippen molar-refractivity contribution in [2.45, 2.75) is 239 Å². The van der Waals surface area contributed by atoms with E-state index in [4.69, 9.17) is 14.2 Å². The minimum Gasteiger partial charge on any atom is -0.462 e. The number of hydrogen-bond acceptors (Lipinski definition) is 6. The number of esters is 3. The van der Waals surface area contributed by atoms with Crippen molar-refractivity contribution in [3.8, 4) is 0 Å². The fraction of sp³-hybridized carbons (Fsp3) is 0.750. The second-order valence-electron chi connectivity index (χ2n) is 16.0. The van der Waals surface area contributed by atoms with Crippen LogP contribution in [0, 0.1) is 0 Å². The van der Waals surface area contributed by atoms with Gasteiger partial charge in [-0.15, -0.1) is 0 Å². The van der Waals surface area contributed by atoms with Crippen LogP contribution in [0.15, 0.2) is 60.8 Å². The van der Waals surface area contributed by atoms with Crippen molar-refractivity contribution in [3.05, 3.63) is 60.8 Å². The predicted octanol–water partition coefficient (Wildman–Crippen LogP) is 15.7. The number of allylic oxidation sites excluding steroid dienone is 10. The molecule has 6 heteroatoms. The summed E-state index contributed by atoms with van der Waals surface area (Å²) >= 11 is 0. The van der Waals surface area contributed by atoms with Gasteiger partial charge in [0.2, 0.25) is 0 Å². The predicted molar refractivity (Wildman–Crippen MR) is 247 cm³/mol. The molecular formula is C52H90O6. The van der Waals surface area contributed by atoms with Gasteiger partial charge in [0.15, 0.2) is 6.10 Å². The van der Waals surface area contributed by atoms with Gasteiger partial charge in [0.1, 0.15) is 13.2 Å². The Labute approximate surface area is 358 Å². The van der Waals surface area contributed by atoms with Gasteiger partial charge in [0.05, 0.1) is 0 Å². The van der Waals surface area contributed by atoms with E-state index in [0.717, 1.165) is 96.3 Å². The molecule has 0 aromatic rings. The normalized spacial score (nSPS) is 12.5. The van der Waals surface area contributed by atoms with E-state index in [1.54, 1.807) is 0 Å². The highest BCUT2D eigenvalue weighted by Crippen LogP contribution is 2.14. The molecule has 0 N–H and O–H groups in total. The largest absolute Gasteiger partial charge is 0.462 e. The summed E-state index contributed by atoms with van der Waals surface area (Å²) in [5.74, 6) is -0.927. The first kappa shape index (κ1) is 55.1. The summed E-state index contributed by atoms with van der Waals surface area (Å²) in [7, 11) is 0. The van der Waals surface area contributed by atoms with E-state index in [-0.39, 0.29) is 31.1 Å². The standard InChI is InChI=1S/C52H90O6/c1-4-7-10-13-16-19-22-24-25-26-27-29-30-33-36-39-42-45-51(54)57-48-49(47-56-50(53)44-41-38-35-32-21-18-15-12-9-6-3)58-52(55)46-43-40-37-34-31-28-23-20-17-14-11-8-5-2/h8,11,16-17,19-20,24-25,28,31,49H,4-7,9-10,12-15,18,21-23,26-27,29-30,32-48H2,1-3H3/b11-8-,19-16-,20-17-,25-24-,31-28-. The van der Waals surface area contributed by atoms with Crippen LogP contribution in [0.25, 0.3) is 0 Å². The summed E-state index contributed by atoms with van der Waals surface area (Å²) in [6.07, 6.45) is 56.3. The van der Waals surface area contributed by atoms with Gasteiger partial charge < -0.3 is 14.2 Å². The van der Waals surface area contributed by atoms with Crippen LogP contribution in [0.2, 0.25) is 0 Å². The number of carbonyl (C=O) groups excluding carboxylic acids is 3. The molecule has 0 amide bonds. The van der Waals surface area contributed by atoms with E-state index < -0.39 is 6.10 Å². The lowest BCUT2D eigenvalue weighted by molar-refractivity contribution is -0.167. The molecule has 0 spiro atoms. The van der Waals surface area contributed by atoms with Gasteiger partial charge >= 0.3 is 17.9 Å². The number of carbonyl (C=O) groups is 3. The van der Waals surface area contributed by atoms with Gasteiger partial charge in [-0.1, -0.05) is 191 Å². The maximum atomic E-state index is 12.7. The van der Waals surface area contributed by atoms with Crippen LogP contribution in [-0.2, 0) is 28.6 Å². The topological polar surface area (TPSA) is 78.9 Å². The molecule has 0 aliphatic carbocycles. The van der Waals surface area contributed by atoms with Crippen molar-refractivity contribution in [1.29, 1.82) is 0 Å². The van der Waals surface area contributed by atoms with Crippen molar-refractivity contribution < 1.29 is 28.6 Å². The summed E-state index contributed by atoms with van der Waals surface area (Å²) < 4.78 is 16.7. The molecule has 58 heavy (non-hydrogen) atoms. The summed E-state index contributed by atoms with van der Waals surface area (Å²) in [6.45, 7) is 6.45. The second kappa shape index (κ2) is 46.8. The molecule has 0 aromatic carbocycles. The van der Waals surface area contributed by atoms with E-state index in [1.807, 2.05) is 0 Å². The summed E-state index contributed by atoms with van der Waals surface area (Å²) in [4.78, 5) is 37.8. The molecule has 1 atom stereocenters. The summed E-state index contributed by atoms with van der Waals surface area (Å²) in [5.41, 5.74) is 0. The third-order valence-corrected chi connectivity index (χ3v) is 10.3. The zero-order valence-corrected chi connectivity index (χ0v) is 38.0. The summed E-state index contributed by atoms with van der Waals surface area (Å²) in [5, 5.41) is 0. The molecule has 334 valence electrons. The van der Waals surface area contributed by atoms with E-state index in [2.05, 4.69) is 81.5 Å². The Morgan fingerprint density at radius 1 is 0.362 bits per heavy atom. The van der Waals surface area contributed by atoms with Gasteiger partial charge in [-0.05, 0) is 83.5 Å². The van der Waals surface area contributed by atoms with E-state index in [1.165, 1.54) is 96.3 Å². The Hall–Kier alpha value is -2.89. The Kier molecular flexibility index (Phi) is 44.5. The smallest absolute Gasteiger partial charge is 0.306 e. The zero-order valence-electron chi connectivity index (χ0n) is 38.0. The molecule has 0 aliphatic rings. The lowest BCUT2D eigenvalue weighted by Crippen LogP contribution is -2.30. The van der Waals surface area contributed by atoms with Crippen molar-refractivity contribution >= 4 is 17.9 Å². The highest BCUT2D eigenvalue weighted by molar-refractivity contribution is 5.71. The number of unbranched alkanes of at least 4 members (excludes halogenated alkanes) is 22. The van der Waals surface area contributed by atoms with Crippen molar-refractivity contribution in [2.75, 3.05) is 13.2 Å². The summed E-state index contributed by atoms with van der Waals surface area (Å²) in [6, 6.07) is 0. The molecule has 1 unspecified atom stereocenters. The zero-order chi connectivity index (χ0) is 42.3. The molecule has 0 saturated carbocycles. The van der Waals surface area contributed by atoms with Gasteiger partial charge in [0.25, 0.3) is 0 Å². The molecule has 0 fully saturated rings.